The fourth-order valence-corrected chi connectivity index (χ4v) is 2.37. The van der Waals surface area contributed by atoms with Gasteiger partial charge in [-0.05, 0) is 42.3 Å². The molecule has 0 radical (unpaired) electrons. The van der Waals surface area contributed by atoms with Crippen LogP contribution in [0.15, 0.2) is 46.9 Å². The maximum absolute atomic E-state index is 12.1. The standard InChI is InChI=1S/C15H13Br2NO/c1-10-2-5-12(8-14(10)17)15(19)18-13-6-3-11(9-16)4-7-13/h2-8H,9H2,1H3,(H,18,19). The lowest BCUT2D eigenvalue weighted by Gasteiger charge is -2.07. The SMILES string of the molecule is Cc1ccc(C(=O)Nc2ccc(CBr)cc2)cc1Br. The quantitative estimate of drug-likeness (QED) is 0.751. The Kier molecular flexibility index (Phi) is 4.77. The molecule has 0 fully saturated rings. The molecule has 1 N–H and O–H groups in total. The molecular formula is C15H13Br2NO. The first-order valence-electron chi connectivity index (χ1n) is 5.82. The predicted octanol–water partition coefficient (Wildman–Crippen LogP) is 4.90. The van der Waals surface area contributed by atoms with Crippen LogP contribution in [0, 0.1) is 6.92 Å². The molecule has 0 atom stereocenters. The second-order valence-corrected chi connectivity index (χ2v) is 5.66. The minimum atomic E-state index is -0.104. The van der Waals surface area contributed by atoms with Crippen LogP contribution >= 0.6 is 31.9 Å². The van der Waals surface area contributed by atoms with Crippen LogP contribution in [0.4, 0.5) is 5.69 Å². The second kappa shape index (κ2) is 6.35. The molecule has 0 spiro atoms. The number of anilines is 1. The van der Waals surface area contributed by atoms with Crippen molar-refractivity contribution in [1.29, 1.82) is 0 Å². The number of carbonyl (C=O) groups excluding carboxylic acids is 1. The van der Waals surface area contributed by atoms with E-state index in [0.29, 0.717) is 5.56 Å². The van der Waals surface area contributed by atoms with Crippen LogP contribution in [0.3, 0.4) is 0 Å². The molecule has 2 aromatic rings. The number of amides is 1. The fraction of sp³-hybridized carbons (Fsp3) is 0.133. The monoisotopic (exact) mass is 381 g/mol. The summed E-state index contributed by atoms with van der Waals surface area (Å²) in [6.45, 7) is 1.99. The lowest BCUT2D eigenvalue weighted by Crippen LogP contribution is -2.11. The van der Waals surface area contributed by atoms with Crippen molar-refractivity contribution in [1.82, 2.24) is 0 Å². The van der Waals surface area contributed by atoms with Crippen molar-refractivity contribution in [2.75, 3.05) is 5.32 Å². The highest BCUT2D eigenvalue weighted by Gasteiger charge is 2.07. The van der Waals surface area contributed by atoms with Crippen LogP contribution in [0.5, 0.6) is 0 Å². The van der Waals surface area contributed by atoms with E-state index in [1.807, 2.05) is 49.4 Å². The average molecular weight is 383 g/mol. The minimum absolute atomic E-state index is 0.104. The van der Waals surface area contributed by atoms with Gasteiger partial charge >= 0.3 is 0 Å². The van der Waals surface area contributed by atoms with Gasteiger partial charge in [0.2, 0.25) is 0 Å². The Hall–Kier alpha value is -1.13. The average Bonchev–Trinajstić information content (AvgIpc) is 2.42. The molecule has 19 heavy (non-hydrogen) atoms. The van der Waals surface area contributed by atoms with Crippen LogP contribution in [-0.2, 0) is 5.33 Å². The van der Waals surface area contributed by atoms with E-state index in [0.717, 1.165) is 21.1 Å². The zero-order chi connectivity index (χ0) is 13.8. The van der Waals surface area contributed by atoms with E-state index >= 15 is 0 Å². The summed E-state index contributed by atoms with van der Waals surface area (Å²) in [6.07, 6.45) is 0. The Bertz CT molecular complexity index is 594. The molecule has 0 aliphatic carbocycles. The summed E-state index contributed by atoms with van der Waals surface area (Å²) in [4.78, 5) is 12.1. The Morgan fingerprint density at radius 1 is 1.16 bits per heavy atom. The van der Waals surface area contributed by atoms with E-state index in [-0.39, 0.29) is 5.91 Å². The summed E-state index contributed by atoms with van der Waals surface area (Å²) in [5, 5.41) is 3.69. The lowest BCUT2D eigenvalue weighted by atomic mass is 10.1. The highest BCUT2D eigenvalue weighted by atomic mass is 79.9. The Labute approximate surface area is 129 Å². The number of rotatable bonds is 3. The maximum Gasteiger partial charge on any atom is 0.255 e. The van der Waals surface area contributed by atoms with E-state index in [4.69, 9.17) is 0 Å². The Morgan fingerprint density at radius 3 is 2.42 bits per heavy atom. The molecule has 2 aromatic carbocycles. The van der Waals surface area contributed by atoms with Crippen LogP contribution in [-0.4, -0.2) is 5.91 Å². The number of carbonyl (C=O) groups is 1. The van der Waals surface area contributed by atoms with Gasteiger partial charge in [0.25, 0.3) is 5.91 Å². The molecule has 0 aliphatic heterocycles. The number of nitrogens with one attached hydrogen (secondary N) is 1. The van der Waals surface area contributed by atoms with E-state index in [9.17, 15) is 4.79 Å². The minimum Gasteiger partial charge on any atom is -0.322 e. The lowest BCUT2D eigenvalue weighted by molar-refractivity contribution is 0.102. The van der Waals surface area contributed by atoms with Gasteiger partial charge in [-0.2, -0.15) is 0 Å². The van der Waals surface area contributed by atoms with Crippen molar-refractivity contribution >= 4 is 43.5 Å². The molecular weight excluding hydrogens is 370 g/mol. The molecule has 0 saturated heterocycles. The van der Waals surface area contributed by atoms with Gasteiger partial charge in [0.05, 0.1) is 0 Å². The third kappa shape index (κ3) is 3.67. The van der Waals surface area contributed by atoms with Gasteiger partial charge in [0, 0.05) is 21.1 Å². The van der Waals surface area contributed by atoms with Gasteiger partial charge in [0.1, 0.15) is 0 Å². The summed E-state index contributed by atoms with van der Waals surface area (Å²) in [5.74, 6) is -0.104. The number of halogens is 2. The van der Waals surface area contributed by atoms with E-state index < -0.39 is 0 Å². The molecule has 0 aromatic heterocycles. The van der Waals surface area contributed by atoms with Crippen molar-refractivity contribution in [3.05, 3.63) is 63.6 Å². The van der Waals surface area contributed by atoms with Crippen molar-refractivity contribution in [3.63, 3.8) is 0 Å². The molecule has 1 amide bonds. The first kappa shape index (κ1) is 14.3. The van der Waals surface area contributed by atoms with Gasteiger partial charge in [-0.3, -0.25) is 4.79 Å². The van der Waals surface area contributed by atoms with Gasteiger partial charge in [0.15, 0.2) is 0 Å². The molecule has 2 nitrogen and oxygen atoms in total. The van der Waals surface area contributed by atoms with Crippen molar-refractivity contribution < 1.29 is 4.79 Å². The second-order valence-electron chi connectivity index (χ2n) is 4.25. The molecule has 4 heteroatoms. The van der Waals surface area contributed by atoms with Crippen molar-refractivity contribution in [2.45, 2.75) is 12.3 Å². The highest BCUT2D eigenvalue weighted by molar-refractivity contribution is 9.10. The number of aryl methyl sites for hydroxylation is 1. The van der Waals surface area contributed by atoms with Crippen LogP contribution < -0.4 is 5.32 Å². The fourth-order valence-electron chi connectivity index (χ4n) is 1.61. The largest absolute Gasteiger partial charge is 0.322 e. The molecule has 2 rings (SSSR count). The topological polar surface area (TPSA) is 29.1 Å². The van der Waals surface area contributed by atoms with Crippen LogP contribution in [0.25, 0.3) is 0 Å². The Morgan fingerprint density at radius 2 is 1.84 bits per heavy atom. The molecule has 98 valence electrons. The van der Waals surface area contributed by atoms with Gasteiger partial charge in [-0.1, -0.05) is 50.1 Å². The van der Waals surface area contributed by atoms with Gasteiger partial charge in [-0.25, -0.2) is 0 Å². The van der Waals surface area contributed by atoms with Gasteiger partial charge < -0.3 is 5.32 Å². The smallest absolute Gasteiger partial charge is 0.255 e. The van der Waals surface area contributed by atoms with Crippen LogP contribution in [0.2, 0.25) is 0 Å². The first-order chi connectivity index (χ1) is 9.10. The van der Waals surface area contributed by atoms with Crippen molar-refractivity contribution in [3.8, 4) is 0 Å². The van der Waals surface area contributed by atoms with Crippen molar-refractivity contribution in [2.24, 2.45) is 0 Å². The molecule has 0 bridgehead atoms. The zero-order valence-electron chi connectivity index (χ0n) is 10.4. The summed E-state index contributed by atoms with van der Waals surface area (Å²) in [6, 6.07) is 13.3. The molecule has 0 heterocycles. The summed E-state index contributed by atoms with van der Waals surface area (Å²) < 4.78 is 0.940. The summed E-state index contributed by atoms with van der Waals surface area (Å²) in [7, 11) is 0. The van der Waals surface area contributed by atoms with E-state index in [1.54, 1.807) is 0 Å². The van der Waals surface area contributed by atoms with Gasteiger partial charge in [-0.15, -0.1) is 0 Å². The third-order valence-electron chi connectivity index (χ3n) is 2.80. The molecule has 0 aliphatic rings. The number of alkyl halides is 1. The normalized spacial score (nSPS) is 10.3. The molecule has 0 saturated carbocycles. The Balaban J connectivity index is 2.13. The first-order valence-corrected chi connectivity index (χ1v) is 7.74. The number of benzene rings is 2. The zero-order valence-corrected chi connectivity index (χ0v) is 13.6. The predicted molar refractivity (Wildman–Crippen MR) is 85.9 cm³/mol. The number of hydrogen-bond acceptors (Lipinski definition) is 1. The summed E-state index contributed by atoms with van der Waals surface area (Å²) >= 11 is 6.83. The number of hydrogen-bond donors (Lipinski definition) is 1. The van der Waals surface area contributed by atoms with Crippen LogP contribution in [0.1, 0.15) is 21.5 Å². The van der Waals surface area contributed by atoms with E-state index in [2.05, 4.69) is 37.2 Å². The highest BCUT2D eigenvalue weighted by Crippen LogP contribution is 2.19. The van der Waals surface area contributed by atoms with E-state index in [1.165, 1.54) is 5.56 Å². The molecule has 0 unspecified atom stereocenters. The maximum atomic E-state index is 12.1. The third-order valence-corrected chi connectivity index (χ3v) is 4.30. The summed E-state index contributed by atoms with van der Waals surface area (Å²) in [5.41, 5.74) is 3.72.